The van der Waals surface area contributed by atoms with Gasteiger partial charge in [0.1, 0.15) is 11.5 Å². The van der Waals surface area contributed by atoms with Crippen molar-refractivity contribution < 1.29 is 4.74 Å². The Hall–Kier alpha value is -1.03. The Morgan fingerprint density at radius 3 is 2.55 bits per heavy atom. The molecule has 1 atom stereocenters. The second kappa shape index (κ2) is 6.61. The van der Waals surface area contributed by atoms with E-state index in [1.165, 1.54) is 5.56 Å². The van der Waals surface area contributed by atoms with E-state index in [2.05, 4.69) is 15.9 Å². The predicted octanol–water partition coefficient (Wildman–Crippen LogP) is 5.09. The number of rotatable bonds is 4. The summed E-state index contributed by atoms with van der Waals surface area (Å²) in [5.74, 6) is 1.57. The summed E-state index contributed by atoms with van der Waals surface area (Å²) in [5.41, 5.74) is 8.07. The van der Waals surface area contributed by atoms with E-state index in [4.69, 9.17) is 22.1 Å². The molecule has 0 amide bonds. The molecule has 2 aromatic carbocycles. The largest absolute Gasteiger partial charge is 0.456 e. The molecule has 2 rings (SSSR count). The minimum absolute atomic E-state index is 0.0530. The van der Waals surface area contributed by atoms with Gasteiger partial charge in [-0.2, -0.15) is 0 Å². The molecule has 0 aliphatic carbocycles. The lowest BCUT2D eigenvalue weighted by atomic mass is 10.1. The fraction of sp³-hybridized carbons (Fsp3) is 0.250. The molecule has 0 fully saturated rings. The molecule has 2 nitrogen and oxygen atoms in total. The van der Waals surface area contributed by atoms with Crippen molar-refractivity contribution in [3.05, 3.63) is 57.0 Å². The van der Waals surface area contributed by atoms with Gasteiger partial charge in [0.2, 0.25) is 0 Å². The van der Waals surface area contributed by atoms with E-state index < -0.39 is 0 Å². The number of hydrogen-bond donors (Lipinski definition) is 1. The van der Waals surface area contributed by atoms with Gasteiger partial charge in [0.25, 0.3) is 0 Å². The van der Waals surface area contributed by atoms with Gasteiger partial charge in [0, 0.05) is 11.1 Å². The van der Waals surface area contributed by atoms with Crippen LogP contribution in [-0.2, 0) is 6.42 Å². The summed E-state index contributed by atoms with van der Waals surface area (Å²) in [6.45, 7) is 4.00. The van der Waals surface area contributed by atoms with Crippen LogP contribution in [0.2, 0.25) is 5.02 Å². The summed E-state index contributed by atoms with van der Waals surface area (Å²) in [6.07, 6.45) is 0.722. The summed E-state index contributed by atoms with van der Waals surface area (Å²) in [7, 11) is 0. The van der Waals surface area contributed by atoms with Crippen LogP contribution >= 0.6 is 27.5 Å². The molecule has 1 unspecified atom stereocenters. The van der Waals surface area contributed by atoms with Crippen LogP contribution in [0, 0.1) is 6.92 Å². The van der Waals surface area contributed by atoms with Gasteiger partial charge in [0.05, 0.1) is 4.47 Å². The normalized spacial score (nSPS) is 12.2. The zero-order valence-electron chi connectivity index (χ0n) is 11.5. The zero-order chi connectivity index (χ0) is 14.7. The molecule has 0 saturated carbocycles. The van der Waals surface area contributed by atoms with Crippen LogP contribution in [0.4, 0.5) is 0 Å². The second-order valence-electron chi connectivity index (χ2n) is 4.97. The van der Waals surface area contributed by atoms with Gasteiger partial charge in [0.15, 0.2) is 0 Å². The molecule has 0 bridgehead atoms. The van der Waals surface area contributed by atoms with Crippen LogP contribution in [0.3, 0.4) is 0 Å². The Morgan fingerprint density at radius 1 is 1.20 bits per heavy atom. The number of nitrogens with two attached hydrogens (primary N) is 1. The van der Waals surface area contributed by atoms with Crippen molar-refractivity contribution in [3.8, 4) is 11.5 Å². The molecule has 2 N–H and O–H groups in total. The molecule has 0 saturated heterocycles. The summed E-state index contributed by atoms with van der Waals surface area (Å²) in [5, 5.41) is 0.691. The van der Waals surface area contributed by atoms with E-state index in [-0.39, 0.29) is 6.04 Å². The number of ether oxygens (including phenoxy) is 1. The molecule has 0 aliphatic heterocycles. The van der Waals surface area contributed by atoms with Gasteiger partial charge in [-0.15, -0.1) is 0 Å². The molecule has 0 aromatic heterocycles. The van der Waals surface area contributed by atoms with Crippen molar-refractivity contribution in [2.24, 2.45) is 5.73 Å². The zero-order valence-corrected chi connectivity index (χ0v) is 13.8. The summed E-state index contributed by atoms with van der Waals surface area (Å²) < 4.78 is 6.92. The predicted molar refractivity (Wildman–Crippen MR) is 87.8 cm³/mol. The summed E-state index contributed by atoms with van der Waals surface area (Å²) >= 11 is 9.57. The molecular weight excluding hydrogens is 338 g/mol. The molecule has 106 valence electrons. The highest BCUT2D eigenvalue weighted by atomic mass is 79.9. The van der Waals surface area contributed by atoms with Crippen molar-refractivity contribution in [3.63, 3.8) is 0 Å². The first-order valence-corrected chi connectivity index (χ1v) is 7.61. The van der Waals surface area contributed by atoms with Gasteiger partial charge >= 0.3 is 0 Å². The number of hydrogen-bond acceptors (Lipinski definition) is 2. The first-order valence-electron chi connectivity index (χ1n) is 6.43. The van der Waals surface area contributed by atoms with Crippen LogP contribution in [-0.4, -0.2) is 6.04 Å². The third-order valence-electron chi connectivity index (χ3n) is 2.87. The van der Waals surface area contributed by atoms with E-state index in [1.54, 1.807) is 0 Å². The average Bonchev–Trinajstić information content (AvgIpc) is 2.34. The summed E-state index contributed by atoms with van der Waals surface area (Å²) in [4.78, 5) is 0. The lowest BCUT2D eigenvalue weighted by Crippen LogP contribution is -2.18. The van der Waals surface area contributed by atoms with Gasteiger partial charge in [-0.05, 0) is 77.7 Å². The molecule has 4 heteroatoms. The van der Waals surface area contributed by atoms with Crippen molar-refractivity contribution in [1.29, 1.82) is 0 Å². The lowest BCUT2D eigenvalue weighted by Gasteiger charge is -2.14. The Morgan fingerprint density at radius 2 is 1.90 bits per heavy atom. The number of halogens is 2. The number of benzene rings is 2. The van der Waals surface area contributed by atoms with Gasteiger partial charge < -0.3 is 10.5 Å². The Kier molecular flexibility index (Phi) is 5.08. The molecule has 2 aromatic rings. The average molecular weight is 355 g/mol. The van der Waals surface area contributed by atoms with Crippen LogP contribution < -0.4 is 10.5 Å². The Bertz CT molecular complexity index is 613. The SMILES string of the molecule is Cc1ccc(Oc2ccc(Cl)cc2CC(C)N)c(Br)c1. The fourth-order valence-electron chi connectivity index (χ4n) is 1.96. The highest BCUT2D eigenvalue weighted by Gasteiger charge is 2.10. The van der Waals surface area contributed by atoms with Gasteiger partial charge in [-0.25, -0.2) is 0 Å². The van der Waals surface area contributed by atoms with E-state index in [0.29, 0.717) is 5.02 Å². The molecular formula is C16H17BrClNO. The Labute approximate surface area is 133 Å². The van der Waals surface area contributed by atoms with Crippen LogP contribution in [0.5, 0.6) is 11.5 Å². The molecule has 0 spiro atoms. The van der Waals surface area contributed by atoms with Gasteiger partial charge in [-0.3, -0.25) is 0 Å². The topological polar surface area (TPSA) is 35.2 Å². The summed E-state index contributed by atoms with van der Waals surface area (Å²) in [6, 6.07) is 11.7. The smallest absolute Gasteiger partial charge is 0.141 e. The van der Waals surface area contributed by atoms with E-state index >= 15 is 0 Å². The first kappa shape index (κ1) is 15.4. The third kappa shape index (κ3) is 3.98. The monoisotopic (exact) mass is 353 g/mol. The van der Waals surface area contributed by atoms with Crippen molar-refractivity contribution in [2.75, 3.05) is 0 Å². The fourth-order valence-corrected chi connectivity index (χ4v) is 2.73. The number of aryl methyl sites for hydroxylation is 1. The minimum atomic E-state index is 0.0530. The van der Waals surface area contributed by atoms with Crippen LogP contribution in [0.25, 0.3) is 0 Å². The van der Waals surface area contributed by atoms with Crippen molar-refractivity contribution in [1.82, 2.24) is 0 Å². The highest BCUT2D eigenvalue weighted by Crippen LogP contribution is 2.33. The maximum absolute atomic E-state index is 6.05. The first-order chi connectivity index (χ1) is 9.45. The maximum atomic E-state index is 6.05. The standard InChI is InChI=1S/C16H17BrClNO/c1-10-3-5-16(14(17)7-10)20-15-6-4-13(18)9-12(15)8-11(2)19/h3-7,9,11H,8,19H2,1-2H3. The van der Waals surface area contributed by atoms with Crippen LogP contribution in [0.1, 0.15) is 18.1 Å². The van der Waals surface area contributed by atoms with E-state index in [9.17, 15) is 0 Å². The Balaban J connectivity index is 2.32. The van der Waals surface area contributed by atoms with Gasteiger partial charge in [-0.1, -0.05) is 17.7 Å². The lowest BCUT2D eigenvalue weighted by molar-refractivity contribution is 0.471. The second-order valence-corrected chi connectivity index (χ2v) is 6.26. The third-order valence-corrected chi connectivity index (χ3v) is 3.73. The molecule has 0 aliphatic rings. The molecule has 0 radical (unpaired) electrons. The minimum Gasteiger partial charge on any atom is -0.456 e. The van der Waals surface area contributed by atoms with E-state index in [1.807, 2.05) is 50.2 Å². The maximum Gasteiger partial charge on any atom is 0.141 e. The van der Waals surface area contributed by atoms with Crippen LogP contribution in [0.15, 0.2) is 40.9 Å². The quantitative estimate of drug-likeness (QED) is 0.829. The van der Waals surface area contributed by atoms with Crippen molar-refractivity contribution in [2.45, 2.75) is 26.3 Å². The highest BCUT2D eigenvalue weighted by molar-refractivity contribution is 9.10. The molecule has 20 heavy (non-hydrogen) atoms. The van der Waals surface area contributed by atoms with E-state index in [0.717, 1.165) is 28.0 Å². The molecule has 0 heterocycles. The van der Waals surface area contributed by atoms with Crippen molar-refractivity contribution >= 4 is 27.5 Å².